The highest BCUT2D eigenvalue weighted by Gasteiger charge is 2.35. The van der Waals surface area contributed by atoms with E-state index >= 15 is 0 Å². The summed E-state index contributed by atoms with van der Waals surface area (Å²) in [6.45, 7) is 1.65. The molecule has 14 heavy (non-hydrogen) atoms. The fourth-order valence-corrected chi connectivity index (χ4v) is 2.01. The summed E-state index contributed by atoms with van der Waals surface area (Å²) in [6.07, 6.45) is 0.799. The summed E-state index contributed by atoms with van der Waals surface area (Å²) in [5.74, 6) is 0. The Morgan fingerprint density at radius 1 is 1.36 bits per heavy atom. The van der Waals surface area contributed by atoms with Gasteiger partial charge < -0.3 is 15.7 Å². The van der Waals surface area contributed by atoms with Crippen molar-refractivity contribution < 1.29 is 5.11 Å². The minimum atomic E-state index is -0.678. The van der Waals surface area contributed by atoms with Gasteiger partial charge in [0.25, 0.3) is 0 Å². The predicted octanol–water partition coefficient (Wildman–Crippen LogP) is 0.792. The van der Waals surface area contributed by atoms with Crippen molar-refractivity contribution in [1.29, 1.82) is 0 Å². The van der Waals surface area contributed by atoms with E-state index in [0.29, 0.717) is 6.54 Å². The fourth-order valence-electron chi connectivity index (χ4n) is 2.01. The van der Waals surface area contributed by atoms with Crippen molar-refractivity contribution in [1.82, 2.24) is 4.90 Å². The number of hydrogen-bond acceptors (Lipinski definition) is 3. The standard InChI is InChI=1S/C11H16N2O/c1-13-7-6-11(14,8-13)9-2-4-10(12)5-3-9/h2-5,14H,6-8,12H2,1H3. The van der Waals surface area contributed by atoms with Crippen LogP contribution in [0.4, 0.5) is 5.69 Å². The van der Waals surface area contributed by atoms with E-state index in [9.17, 15) is 5.11 Å². The van der Waals surface area contributed by atoms with Crippen LogP contribution in [0.1, 0.15) is 12.0 Å². The third kappa shape index (κ3) is 1.61. The molecule has 1 aromatic carbocycles. The summed E-state index contributed by atoms with van der Waals surface area (Å²) in [7, 11) is 2.02. The maximum absolute atomic E-state index is 10.3. The summed E-state index contributed by atoms with van der Waals surface area (Å²) < 4.78 is 0. The Morgan fingerprint density at radius 2 is 2.00 bits per heavy atom. The highest BCUT2D eigenvalue weighted by atomic mass is 16.3. The lowest BCUT2D eigenvalue weighted by Crippen LogP contribution is -2.29. The van der Waals surface area contributed by atoms with Crippen LogP contribution < -0.4 is 5.73 Å². The number of β-amino-alcohol motifs (C(OH)–C–C–N with tert-alkyl or cyclic N) is 1. The molecule has 1 saturated heterocycles. The number of likely N-dealkylation sites (N-methyl/N-ethyl adjacent to an activating group) is 1. The molecule has 3 nitrogen and oxygen atoms in total. The van der Waals surface area contributed by atoms with Crippen LogP contribution in [0.2, 0.25) is 0 Å². The van der Waals surface area contributed by atoms with Crippen molar-refractivity contribution in [3.05, 3.63) is 29.8 Å². The Labute approximate surface area is 84.1 Å². The predicted molar refractivity (Wildman–Crippen MR) is 56.9 cm³/mol. The van der Waals surface area contributed by atoms with Crippen molar-refractivity contribution in [3.8, 4) is 0 Å². The number of nitrogens with zero attached hydrogens (tertiary/aromatic N) is 1. The van der Waals surface area contributed by atoms with Crippen molar-refractivity contribution in [2.24, 2.45) is 0 Å². The maximum Gasteiger partial charge on any atom is 0.103 e. The Kier molecular flexibility index (Phi) is 2.21. The Morgan fingerprint density at radius 3 is 2.50 bits per heavy atom. The molecule has 1 heterocycles. The minimum absolute atomic E-state index is 0.678. The Hall–Kier alpha value is -1.06. The lowest BCUT2D eigenvalue weighted by molar-refractivity contribution is 0.0489. The molecule has 0 aliphatic carbocycles. The smallest absolute Gasteiger partial charge is 0.103 e. The number of aliphatic hydroxyl groups is 1. The van der Waals surface area contributed by atoms with Crippen molar-refractivity contribution in [2.45, 2.75) is 12.0 Å². The van der Waals surface area contributed by atoms with Crippen LogP contribution in [0.25, 0.3) is 0 Å². The maximum atomic E-state index is 10.3. The summed E-state index contributed by atoms with van der Waals surface area (Å²) in [4.78, 5) is 2.14. The van der Waals surface area contributed by atoms with Crippen molar-refractivity contribution in [2.75, 3.05) is 25.9 Å². The molecule has 0 aromatic heterocycles. The second kappa shape index (κ2) is 3.26. The largest absolute Gasteiger partial charge is 0.399 e. The molecule has 0 bridgehead atoms. The quantitative estimate of drug-likeness (QED) is 0.647. The first-order valence-electron chi connectivity index (χ1n) is 4.87. The molecular weight excluding hydrogens is 176 g/mol. The number of rotatable bonds is 1. The molecule has 0 amide bonds. The van der Waals surface area contributed by atoms with Gasteiger partial charge in [-0.1, -0.05) is 12.1 Å². The minimum Gasteiger partial charge on any atom is -0.399 e. The Balaban J connectivity index is 2.26. The SMILES string of the molecule is CN1CCC(O)(c2ccc(N)cc2)C1. The monoisotopic (exact) mass is 192 g/mol. The number of anilines is 1. The van der Waals surface area contributed by atoms with Crippen LogP contribution in [0.5, 0.6) is 0 Å². The van der Waals surface area contributed by atoms with Crippen LogP contribution in [0.3, 0.4) is 0 Å². The van der Waals surface area contributed by atoms with Crippen LogP contribution in [-0.4, -0.2) is 30.1 Å². The molecule has 0 spiro atoms. The zero-order valence-electron chi connectivity index (χ0n) is 8.40. The van der Waals surface area contributed by atoms with Gasteiger partial charge in [0.15, 0.2) is 0 Å². The molecular formula is C11H16N2O. The summed E-state index contributed by atoms with van der Waals surface area (Å²) in [5, 5.41) is 10.3. The molecule has 1 aromatic rings. The summed E-state index contributed by atoms with van der Waals surface area (Å²) >= 11 is 0. The number of likely N-dealkylation sites (tertiary alicyclic amines) is 1. The lowest BCUT2D eigenvalue weighted by atomic mass is 9.93. The van der Waals surface area contributed by atoms with Gasteiger partial charge in [0.05, 0.1) is 0 Å². The van der Waals surface area contributed by atoms with Gasteiger partial charge in [0.2, 0.25) is 0 Å². The van der Waals surface area contributed by atoms with Gasteiger partial charge in [0, 0.05) is 18.8 Å². The van der Waals surface area contributed by atoms with E-state index in [1.807, 2.05) is 31.3 Å². The summed E-state index contributed by atoms with van der Waals surface area (Å²) in [6, 6.07) is 7.50. The molecule has 3 N–H and O–H groups in total. The summed E-state index contributed by atoms with van der Waals surface area (Å²) in [5.41, 5.74) is 6.63. The molecule has 2 rings (SSSR count). The molecule has 1 atom stereocenters. The highest BCUT2D eigenvalue weighted by Crippen LogP contribution is 2.31. The van der Waals surface area contributed by atoms with Gasteiger partial charge in [-0.15, -0.1) is 0 Å². The molecule has 1 unspecified atom stereocenters. The van der Waals surface area contributed by atoms with Crippen LogP contribution in [0, 0.1) is 0 Å². The second-order valence-electron chi connectivity index (χ2n) is 4.14. The van der Waals surface area contributed by atoms with E-state index < -0.39 is 5.60 Å². The molecule has 0 radical (unpaired) electrons. The van der Waals surface area contributed by atoms with Gasteiger partial charge in [-0.3, -0.25) is 0 Å². The first-order valence-corrected chi connectivity index (χ1v) is 4.87. The van der Waals surface area contributed by atoms with Gasteiger partial charge >= 0.3 is 0 Å². The lowest BCUT2D eigenvalue weighted by Gasteiger charge is -2.22. The molecule has 0 saturated carbocycles. The first-order chi connectivity index (χ1) is 6.60. The van der Waals surface area contributed by atoms with E-state index in [2.05, 4.69) is 4.90 Å². The van der Waals surface area contributed by atoms with E-state index in [1.165, 1.54) is 0 Å². The molecule has 1 fully saturated rings. The number of hydrogen-bond donors (Lipinski definition) is 2. The molecule has 1 aliphatic heterocycles. The fraction of sp³-hybridized carbons (Fsp3) is 0.455. The normalized spacial score (nSPS) is 28.1. The van der Waals surface area contributed by atoms with E-state index in [-0.39, 0.29) is 0 Å². The molecule has 3 heteroatoms. The van der Waals surface area contributed by atoms with Crippen molar-refractivity contribution >= 4 is 5.69 Å². The van der Waals surface area contributed by atoms with Crippen molar-refractivity contribution in [3.63, 3.8) is 0 Å². The zero-order chi connectivity index (χ0) is 10.2. The van der Waals surface area contributed by atoms with Crippen LogP contribution >= 0.6 is 0 Å². The van der Waals surface area contributed by atoms with Gasteiger partial charge in [-0.05, 0) is 31.2 Å². The van der Waals surface area contributed by atoms with Gasteiger partial charge in [-0.25, -0.2) is 0 Å². The van der Waals surface area contributed by atoms with Gasteiger partial charge in [0.1, 0.15) is 5.60 Å². The number of benzene rings is 1. The molecule has 1 aliphatic rings. The zero-order valence-corrected chi connectivity index (χ0v) is 8.40. The Bertz CT molecular complexity index is 323. The van der Waals surface area contributed by atoms with Crippen LogP contribution in [0.15, 0.2) is 24.3 Å². The van der Waals surface area contributed by atoms with E-state index in [0.717, 1.165) is 24.2 Å². The first kappa shape index (κ1) is 9.49. The molecule has 76 valence electrons. The van der Waals surface area contributed by atoms with Gasteiger partial charge in [-0.2, -0.15) is 0 Å². The topological polar surface area (TPSA) is 49.5 Å². The average molecular weight is 192 g/mol. The third-order valence-corrected chi connectivity index (χ3v) is 2.89. The average Bonchev–Trinajstić information content (AvgIpc) is 2.48. The number of nitrogens with two attached hydrogens (primary N) is 1. The van der Waals surface area contributed by atoms with E-state index in [1.54, 1.807) is 0 Å². The van der Waals surface area contributed by atoms with E-state index in [4.69, 9.17) is 5.73 Å². The van der Waals surface area contributed by atoms with Crippen LogP contribution in [-0.2, 0) is 5.60 Å². The highest BCUT2D eigenvalue weighted by molar-refractivity contribution is 5.41. The third-order valence-electron chi connectivity index (χ3n) is 2.89. The number of nitrogen functional groups attached to an aromatic ring is 1. The second-order valence-corrected chi connectivity index (χ2v) is 4.14.